The lowest BCUT2D eigenvalue weighted by Crippen LogP contribution is -2.01. The summed E-state index contributed by atoms with van der Waals surface area (Å²) in [4.78, 5) is 5.88. The quantitative estimate of drug-likeness (QED) is 0.738. The topological polar surface area (TPSA) is 30.2 Å². The summed E-state index contributed by atoms with van der Waals surface area (Å²) in [7, 11) is 0. The lowest BCUT2D eigenvalue weighted by molar-refractivity contribution is 0.672. The van der Waals surface area contributed by atoms with Gasteiger partial charge in [-0.05, 0) is 25.7 Å². The van der Waals surface area contributed by atoms with Crippen molar-refractivity contribution >= 4 is 16.3 Å². The first-order chi connectivity index (χ1) is 7.36. The van der Waals surface area contributed by atoms with Crippen LogP contribution in [0.2, 0.25) is 0 Å². The van der Waals surface area contributed by atoms with Crippen molar-refractivity contribution in [2.45, 2.75) is 44.4 Å². The number of hydrogen-bond donors (Lipinski definition) is 0. The normalized spacial score (nSPS) is 27.8. The average Bonchev–Trinajstić information content (AvgIpc) is 2.93. The van der Waals surface area contributed by atoms with E-state index in [9.17, 15) is 0 Å². The van der Waals surface area contributed by atoms with Crippen molar-refractivity contribution in [2.24, 2.45) is 0 Å². The lowest BCUT2D eigenvalue weighted by atomic mass is 10.0. The van der Waals surface area contributed by atoms with Gasteiger partial charge in [0.05, 0.1) is 11.4 Å². The fourth-order valence-electron chi connectivity index (χ4n) is 3.12. The van der Waals surface area contributed by atoms with E-state index in [-0.39, 0.29) is 0 Å². The maximum absolute atomic E-state index is 4.76. The molecule has 15 heavy (non-hydrogen) atoms. The first-order valence-corrected chi connectivity index (χ1v) is 6.56. The van der Waals surface area contributed by atoms with Crippen molar-refractivity contribution in [1.82, 2.24) is 14.6 Å². The SMILES string of the molecule is CCc1nn2c3c(nc2s1)C1CCC3C1. The molecule has 2 aliphatic rings. The summed E-state index contributed by atoms with van der Waals surface area (Å²) in [6.07, 6.45) is 5.06. The molecule has 3 nitrogen and oxygen atoms in total. The van der Waals surface area contributed by atoms with E-state index in [1.165, 1.54) is 35.7 Å². The van der Waals surface area contributed by atoms with Gasteiger partial charge in [-0.1, -0.05) is 18.3 Å². The van der Waals surface area contributed by atoms with Gasteiger partial charge in [0.1, 0.15) is 5.01 Å². The van der Waals surface area contributed by atoms with Crippen molar-refractivity contribution in [2.75, 3.05) is 0 Å². The molecule has 78 valence electrons. The summed E-state index contributed by atoms with van der Waals surface area (Å²) < 4.78 is 2.13. The Morgan fingerprint density at radius 3 is 3.13 bits per heavy atom. The van der Waals surface area contributed by atoms with Crippen LogP contribution in [0.4, 0.5) is 0 Å². The molecule has 0 spiro atoms. The van der Waals surface area contributed by atoms with Crippen molar-refractivity contribution in [3.05, 3.63) is 16.4 Å². The van der Waals surface area contributed by atoms with Gasteiger partial charge in [-0.3, -0.25) is 0 Å². The minimum atomic E-state index is 0.754. The van der Waals surface area contributed by atoms with Gasteiger partial charge in [-0.25, -0.2) is 9.50 Å². The molecule has 1 fully saturated rings. The fraction of sp³-hybridized carbons (Fsp3) is 0.636. The summed E-state index contributed by atoms with van der Waals surface area (Å²) in [5.41, 5.74) is 2.81. The molecule has 0 radical (unpaired) electrons. The third kappa shape index (κ3) is 0.911. The van der Waals surface area contributed by atoms with E-state index in [4.69, 9.17) is 4.98 Å². The van der Waals surface area contributed by atoms with Gasteiger partial charge in [0.25, 0.3) is 0 Å². The number of aryl methyl sites for hydroxylation is 1. The van der Waals surface area contributed by atoms with Gasteiger partial charge in [0, 0.05) is 11.8 Å². The largest absolute Gasteiger partial charge is 0.222 e. The fourth-order valence-corrected chi connectivity index (χ4v) is 3.97. The lowest BCUT2D eigenvalue weighted by Gasteiger charge is -2.07. The summed E-state index contributed by atoms with van der Waals surface area (Å²) in [5.74, 6) is 1.51. The van der Waals surface area contributed by atoms with Crippen LogP contribution in [-0.2, 0) is 6.42 Å². The molecule has 0 aromatic carbocycles. The number of fused-ring (bicyclic) bond motifs is 7. The highest BCUT2D eigenvalue weighted by Crippen LogP contribution is 2.52. The van der Waals surface area contributed by atoms with Crippen molar-refractivity contribution in [1.29, 1.82) is 0 Å². The zero-order valence-electron chi connectivity index (χ0n) is 8.73. The molecular weight excluding hydrogens is 206 g/mol. The third-order valence-corrected chi connectivity index (χ3v) is 4.87. The number of aromatic nitrogens is 3. The molecule has 0 N–H and O–H groups in total. The Hall–Kier alpha value is -0.900. The molecule has 0 aliphatic heterocycles. The first kappa shape index (κ1) is 8.28. The van der Waals surface area contributed by atoms with Crippen LogP contribution in [0.5, 0.6) is 0 Å². The Kier molecular flexibility index (Phi) is 1.44. The Balaban J connectivity index is 2.01. The minimum Gasteiger partial charge on any atom is -0.222 e. The molecule has 4 heteroatoms. The van der Waals surface area contributed by atoms with E-state index >= 15 is 0 Å². The van der Waals surface area contributed by atoms with E-state index in [1.54, 1.807) is 11.3 Å². The molecule has 0 saturated heterocycles. The number of nitrogens with zero attached hydrogens (tertiary/aromatic N) is 3. The van der Waals surface area contributed by atoms with E-state index in [1.807, 2.05) is 0 Å². The monoisotopic (exact) mass is 219 g/mol. The predicted molar refractivity (Wildman–Crippen MR) is 59.6 cm³/mol. The zero-order chi connectivity index (χ0) is 9.99. The molecular formula is C11H13N3S. The third-order valence-electron chi connectivity index (χ3n) is 3.82. The molecule has 2 atom stereocenters. The van der Waals surface area contributed by atoms with Gasteiger partial charge < -0.3 is 0 Å². The maximum Gasteiger partial charge on any atom is 0.212 e. The van der Waals surface area contributed by atoms with Crippen LogP contribution >= 0.6 is 11.3 Å². The van der Waals surface area contributed by atoms with Crippen LogP contribution in [0.15, 0.2) is 0 Å². The molecule has 2 heterocycles. The second-order valence-electron chi connectivity index (χ2n) is 4.63. The van der Waals surface area contributed by atoms with Crippen LogP contribution in [0.25, 0.3) is 4.96 Å². The number of hydrogen-bond acceptors (Lipinski definition) is 3. The second kappa shape index (κ2) is 2.61. The smallest absolute Gasteiger partial charge is 0.212 e. The minimum absolute atomic E-state index is 0.754. The maximum atomic E-state index is 4.76. The van der Waals surface area contributed by atoms with Gasteiger partial charge in [0.2, 0.25) is 4.96 Å². The zero-order valence-corrected chi connectivity index (χ0v) is 9.55. The molecule has 4 rings (SSSR count). The van der Waals surface area contributed by atoms with Gasteiger partial charge in [0.15, 0.2) is 0 Å². The number of rotatable bonds is 1. The standard InChI is InChI=1S/C11H13N3S/c1-2-8-13-14-10-7-4-3-6(5-7)9(10)12-11(14)15-8/h6-7H,2-5H2,1H3. The van der Waals surface area contributed by atoms with Crippen LogP contribution in [0, 0.1) is 0 Å². The van der Waals surface area contributed by atoms with Crippen LogP contribution in [0.1, 0.15) is 54.4 Å². The van der Waals surface area contributed by atoms with Gasteiger partial charge in [-0.2, -0.15) is 5.10 Å². The average molecular weight is 219 g/mol. The highest BCUT2D eigenvalue weighted by molar-refractivity contribution is 7.16. The van der Waals surface area contributed by atoms with Crippen molar-refractivity contribution in [3.8, 4) is 0 Å². The molecule has 2 aliphatic carbocycles. The number of imidazole rings is 1. The van der Waals surface area contributed by atoms with E-state index in [2.05, 4.69) is 16.5 Å². The molecule has 2 bridgehead atoms. The molecule has 2 aromatic heterocycles. The Bertz CT molecular complexity index is 539. The van der Waals surface area contributed by atoms with Crippen LogP contribution in [-0.4, -0.2) is 14.6 Å². The van der Waals surface area contributed by atoms with Crippen LogP contribution < -0.4 is 0 Å². The molecule has 2 aromatic rings. The molecule has 2 unspecified atom stereocenters. The summed E-state index contributed by atoms with van der Waals surface area (Å²) in [5, 5.41) is 5.87. The van der Waals surface area contributed by atoms with Crippen molar-refractivity contribution < 1.29 is 0 Å². The van der Waals surface area contributed by atoms with Gasteiger partial charge >= 0.3 is 0 Å². The van der Waals surface area contributed by atoms with E-state index in [0.29, 0.717) is 0 Å². The summed E-state index contributed by atoms with van der Waals surface area (Å²) in [6, 6.07) is 0. The summed E-state index contributed by atoms with van der Waals surface area (Å²) >= 11 is 1.75. The predicted octanol–water partition coefficient (Wildman–Crippen LogP) is 2.72. The first-order valence-electron chi connectivity index (χ1n) is 5.75. The molecule has 1 saturated carbocycles. The second-order valence-corrected chi connectivity index (χ2v) is 5.67. The van der Waals surface area contributed by atoms with Crippen LogP contribution in [0.3, 0.4) is 0 Å². The Morgan fingerprint density at radius 1 is 1.40 bits per heavy atom. The summed E-state index contributed by atoms with van der Waals surface area (Å²) in [6.45, 7) is 2.16. The molecule has 0 amide bonds. The van der Waals surface area contributed by atoms with E-state index < -0.39 is 0 Å². The van der Waals surface area contributed by atoms with Gasteiger partial charge in [-0.15, -0.1) is 0 Å². The highest BCUT2D eigenvalue weighted by Gasteiger charge is 2.41. The Labute approximate surface area is 92.1 Å². The Morgan fingerprint density at radius 2 is 2.27 bits per heavy atom. The van der Waals surface area contributed by atoms with Crippen molar-refractivity contribution in [3.63, 3.8) is 0 Å². The van der Waals surface area contributed by atoms with E-state index in [0.717, 1.165) is 23.2 Å². The highest BCUT2D eigenvalue weighted by atomic mass is 32.1.